The number of likely N-dealkylation sites (tertiary alicyclic amines) is 1. The first-order chi connectivity index (χ1) is 16.4. The Hall–Kier alpha value is -3.42. The molecule has 1 N–H and O–H groups in total. The number of carbonyl (C=O) groups is 2. The van der Waals surface area contributed by atoms with E-state index in [1.165, 1.54) is 4.90 Å². The van der Waals surface area contributed by atoms with Crippen molar-refractivity contribution in [2.75, 3.05) is 13.1 Å². The molecule has 0 aliphatic carbocycles. The zero-order valence-electron chi connectivity index (χ0n) is 20.4. The normalized spacial score (nSPS) is 15.8. The minimum absolute atomic E-state index is 0.0645. The van der Waals surface area contributed by atoms with Crippen LogP contribution in [0.4, 0.5) is 13.6 Å². The highest BCUT2D eigenvalue weighted by Crippen LogP contribution is 2.31. The summed E-state index contributed by atoms with van der Waals surface area (Å²) in [6.07, 6.45) is -1.10. The summed E-state index contributed by atoms with van der Waals surface area (Å²) in [6.45, 7) is 7.69. The fraction of sp³-hybridized carbons (Fsp3) is 0.407. The number of ether oxygens (including phenoxy) is 1. The molecule has 8 heteroatoms. The highest BCUT2D eigenvalue weighted by molar-refractivity contribution is 5.95. The molecule has 1 fully saturated rings. The van der Waals surface area contributed by atoms with E-state index in [4.69, 9.17) is 9.15 Å². The molecule has 35 heavy (non-hydrogen) atoms. The topological polar surface area (TPSA) is 71.8 Å². The Labute approximate surface area is 203 Å². The van der Waals surface area contributed by atoms with Crippen LogP contribution in [0.1, 0.15) is 55.3 Å². The van der Waals surface area contributed by atoms with E-state index in [9.17, 15) is 18.4 Å². The minimum Gasteiger partial charge on any atom is -0.459 e. The van der Waals surface area contributed by atoms with Crippen molar-refractivity contribution in [3.63, 3.8) is 0 Å². The summed E-state index contributed by atoms with van der Waals surface area (Å²) in [4.78, 5) is 26.1. The number of rotatable bonds is 4. The largest absolute Gasteiger partial charge is 0.459 e. The van der Waals surface area contributed by atoms with E-state index in [1.807, 2.05) is 37.3 Å². The van der Waals surface area contributed by atoms with Gasteiger partial charge in [0.25, 0.3) is 11.8 Å². The number of carbonyl (C=O) groups excluding carboxylic acids is 2. The van der Waals surface area contributed by atoms with Gasteiger partial charge in [0.2, 0.25) is 0 Å². The highest BCUT2D eigenvalue weighted by atomic mass is 19.3. The standard InChI is InChI=1S/C27H30F2N2O4/c1-17-13-20(14-21-15-22(34-23(17)21)16-30-25(33)35-26(2,3)4)18-5-7-19(8-6-18)24(32)31-11-9-27(28,29)10-12-31/h5-8,13-15H,9-12,16H2,1-4H3,(H,30,33). The van der Waals surface area contributed by atoms with Crippen molar-refractivity contribution in [1.82, 2.24) is 10.2 Å². The first-order valence-corrected chi connectivity index (χ1v) is 11.7. The molecule has 0 bridgehead atoms. The molecule has 2 aromatic carbocycles. The fourth-order valence-electron chi connectivity index (χ4n) is 4.13. The van der Waals surface area contributed by atoms with Gasteiger partial charge in [-0.25, -0.2) is 13.6 Å². The van der Waals surface area contributed by atoms with Gasteiger partial charge in [-0.15, -0.1) is 0 Å². The number of halogens is 2. The van der Waals surface area contributed by atoms with Crippen LogP contribution in [0.2, 0.25) is 0 Å². The number of alkyl carbamates (subject to hydrolysis) is 1. The van der Waals surface area contributed by atoms with Crippen LogP contribution in [0, 0.1) is 6.92 Å². The quantitative estimate of drug-likeness (QED) is 0.471. The maximum Gasteiger partial charge on any atom is 0.408 e. The molecule has 2 amide bonds. The number of piperidine rings is 1. The summed E-state index contributed by atoms with van der Waals surface area (Å²) in [5.41, 5.74) is 3.46. The highest BCUT2D eigenvalue weighted by Gasteiger charge is 2.35. The molecule has 3 aromatic rings. The number of benzene rings is 2. The molecular formula is C27H30F2N2O4. The third-order valence-electron chi connectivity index (χ3n) is 5.91. The lowest BCUT2D eigenvalue weighted by molar-refractivity contribution is -0.0494. The Bertz CT molecular complexity index is 1230. The molecule has 4 rings (SSSR count). The summed E-state index contributed by atoms with van der Waals surface area (Å²) in [5.74, 6) is -2.30. The molecule has 1 aromatic heterocycles. The maximum absolute atomic E-state index is 13.4. The number of nitrogens with one attached hydrogen (secondary N) is 1. The fourth-order valence-corrected chi connectivity index (χ4v) is 4.13. The number of furan rings is 1. The summed E-state index contributed by atoms with van der Waals surface area (Å²) >= 11 is 0. The number of hydrogen-bond acceptors (Lipinski definition) is 4. The van der Waals surface area contributed by atoms with Crippen LogP contribution in [0.15, 0.2) is 46.9 Å². The van der Waals surface area contributed by atoms with Gasteiger partial charge < -0.3 is 19.4 Å². The number of alkyl halides is 2. The van der Waals surface area contributed by atoms with Crippen molar-refractivity contribution in [2.45, 2.75) is 58.6 Å². The third kappa shape index (κ3) is 5.99. The average molecular weight is 485 g/mol. The second-order valence-electron chi connectivity index (χ2n) is 10.0. The summed E-state index contributed by atoms with van der Waals surface area (Å²) in [7, 11) is 0. The predicted molar refractivity (Wildman–Crippen MR) is 130 cm³/mol. The molecule has 0 radical (unpaired) electrons. The smallest absolute Gasteiger partial charge is 0.408 e. The maximum atomic E-state index is 13.4. The summed E-state index contributed by atoms with van der Waals surface area (Å²) in [5, 5.41) is 3.60. The minimum atomic E-state index is -2.68. The van der Waals surface area contributed by atoms with E-state index in [0.29, 0.717) is 11.3 Å². The second kappa shape index (κ2) is 9.32. The number of aryl methyl sites for hydroxylation is 1. The molecule has 1 aliphatic heterocycles. The van der Waals surface area contributed by atoms with E-state index in [1.54, 1.807) is 32.9 Å². The molecule has 1 aliphatic rings. The van der Waals surface area contributed by atoms with E-state index >= 15 is 0 Å². The van der Waals surface area contributed by atoms with Crippen molar-refractivity contribution in [1.29, 1.82) is 0 Å². The van der Waals surface area contributed by atoms with Crippen molar-refractivity contribution in [3.8, 4) is 11.1 Å². The van der Waals surface area contributed by atoms with Crippen LogP contribution in [-0.4, -0.2) is 41.5 Å². The lowest BCUT2D eigenvalue weighted by Gasteiger charge is -2.31. The van der Waals surface area contributed by atoms with E-state index in [-0.39, 0.29) is 38.4 Å². The molecule has 0 saturated carbocycles. The van der Waals surface area contributed by atoms with Crippen LogP contribution in [0.3, 0.4) is 0 Å². The molecule has 0 spiro atoms. The number of amides is 2. The molecular weight excluding hydrogens is 454 g/mol. The van der Waals surface area contributed by atoms with E-state index < -0.39 is 17.6 Å². The third-order valence-corrected chi connectivity index (χ3v) is 5.91. The number of hydrogen-bond donors (Lipinski definition) is 1. The first-order valence-electron chi connectivity index (χ1n) is 11.7. The lowest BCUT2D eigenvalue weighted by Crippen LogP contribution is -2.42. The Balaban J connectivity index is 1.47. The van der Waals surface area contributed by atoms with Crippen LogP contribution in [0.5, 0.6) is 0 Å². The zero-order valence-corrected chi connectivity index (χ0v) is 20.4. The SMILES string of the molecule is Cc1cc(-c2ccc(C(=O)N3CCC(F)(F)CC3)cc2)cc2cc(CNC(=O)OC(C)(C)C)oc12. The van der Waals surface area contributed by atoms with Crippen LogP contribution in [-0.2, 0) is 11.3 Å². The van der Waals surface area contributed by atoms with Gasteiger partial charge in [0.1, 0.15) is 16.9 Å². The molecule has 186 valence electrons. The van der Waals surface area contributed by atoms with Gasteiger partial charge in [0.15, 0.2) is 0 Å². The van der Waals surface area contributed by atoms with Gasteiger partial charge in [-0.3, -0.25) is 4.79 Å². The molecule has 2 heterocycles. The second-order valence-corrected chi connectivity index (χ2v) is 10.0. The van der Waals surface area contributed by atoms with Crippen LogP contribution < -0.4 is 5.32 Å². The average Bonchev–Trinajstić information content (AvgIpc) is 3.20. The van der Waals surface area contributed by atoms with Gasteiger partial charge in [-0.1, -0.05) is 12.1 Å². The van der Waals surface area contributed by atoms with Gasteiger partial charge in [0, 0.05) is 36.9 Å². The summed E-state index contributed by atoms with van der Waals surface area (Å²) in [6, 6.07) is 13.1. The van der Waals surface area contributed by atoms with Crippen molar-refractivity contribution < 1.29 is 27.5 Å². The number of nitrogens with zero attached hydrogens (tertiary/aromatic N) is 1. The molecule has 1 saturated heterocycles. The van der Waals surface area contributed by atoms with Gasteiger partial charge >= 0.3 is 6.09 Å². The Kier molecular flexibility index (Phi) is 6.58. The molecule has 0 unspecified atom stereocenters. The van der Waals surface area contributed by atoms with Gasteiger partial charge in [-0.2, -0.15) is 0 Å². The summed E-state index contributed by atoms with van der Waals surface area (Å²) < 4.78 is 38.0. The number of fused-ring (bicyclic) bond motifs is 1. The van der Waals surface area contributed by atoms with Crippen LogP contribution >= 0.6 is 0 Å². The first kappa shape index (κ1) is 24.7. The molecule has 6 nitrogen and oxygen atoms in total. The van der Waals surface area contributed by atoms with E-state index in [2.05, 4.69) is 5.32 Å². The van der Waals surface area contributed by atoms with Crippen LogP contribution in [0.25, 0.3) is 22.1 Å². The van der Waals surface area contributed by atoms with Crippen molar-refractivity contribution >= 4 is 23.0 Å². The lowest BCUT2D eigenvalue weighted by atomic mass is 9.99. The van der Waals surface area contributed by atoms with Crippen molar-refractivity contribution in [2.24, 2.45) is 0 Å². The molecule has 0 atom stereocenters. The van der Waals surface area contributed by atoms with Crippen molar-refractivity contribution in [3.05, 3.63) is 59.4 Å². The zero-order chi connectivity index (χ0) is 25.4. The predicted octanol–water partition coefficient (Wildman–Crippen LogP) is 6.30. The van der Waals surface area contributed by atoms with Gasteiger partial charge in [0.05, 0.1) is 6.54 Å². The Morgan fingerprint density at radius 1 is 1.06 bits per heavy atom. The Morgan fingerprint density at radius 2 is 1.71 bits per heavy atom. The monoisotopic (exact) mass is 484 g/mol. The Morgan fingerprint density at radius 3 is 2.34 bits per heavy atom. The van der Waals surface area contributed by atoms with Gasteiger partial charge in [-0.05, 0) is 74.7 Å². The van der Waals surface area contributed by atoms with E-state index in [0.717, 1.165) is 27.7 Å².